The van der Waals surface area contributed by atoms with E-state index in [2.05, 4.69) is 170 Å². The van der Waals surface area contributed by atoms with Crippen LogP contribution in [-0.2, 0) is 5.41 Å². The number of nitrogens with zero attached hydrogens (tertiary/aromatic N) is 1. The van der Waals surface area contributed by atoms with Crippen LogP contribution in [0.15, 0.2) is 168 Å². The van der Waals surface area contributed by atoms with Gasteiger partial charge in [-0.2, -0.15) is 0 Å². The summed E-state index contributed by atoms with van der Waals surface area (Å²) < 4.78 is 9.12. The van der Waals surface area contributed by atoms with Crippen LogP contribution in [0.4, 0.5) is 17.1 Å². The molecule has 0 aliphatic heterocycles. The number of fused-ring (bicyclic) bond motifs is 11. The van der Waals surface area contributed by atoms with Crippen molar-refractivity contribution in [2.45, 2.75) is 19.3 Å². The molecule has 0 spiro atoms. The third-order valence-electron chi connectivity index (χ3n) is 11.3. The molecule has 2 heterocycles. The first kappa shape index (κ1) is 29.6. The van der Waals surface area contributed by atoms with Crippen LogP contribution in [-0.4, -0.2) is 0 Å². The number of furan rings is 1. The molecule has 0 bridgehead atoms. The third kappa shape index (κ3) is 4.17. The van der Waals surface area contributed by atoms with E-state index in [-0.39, 0.29) is 5.41 Å². The van der Waals surface area contributed by atoms with Gasteiger partial charge in [-0.25, -0.2) is 0 Å². The van der Waals surface area contributed by atoms with Crippen molar-refractivity contribution in [1.29, 1.82) is 0 Å². The monoisotopic (exact) mass is 683 g/mol. The van der Waals surface area contributed by atoms with Crippen LogP contribution in [0.2, 0.25) is 0 Å². The van der Waals surface area contributed by atoms with Crippen molar-refractivity contribution < 1.29 is 4.42 Å². The number of thiophene rings is 1. The van der Waals surface area contributed by atoms with Gasteiger partial charge in [-0.1, -0.05) is 129 Å². The zero-order chi connectivity index (χ0) is 34.6. The van der Waals surface area contributed by atoms with Gasteiger partial charge in [0.2, 0.25) is 0 Å². The Morgan fingerprint density at radius 1 is 0.481 bits per heavy atom. The van der Waals surface area contributed by atoms with Gasteiger partial charge in [0.25, 0.3) is 0 Å². The average molecular weight is 684 g/mol. The van der Waals surface area contributed by atoms with E-state index in [0.29, 0.717) is 0 Å². The van der Waals surface area contributed by atoms with Crippen molar-refractivity contribution in [3.8, 4) is 22.3 Å². The van der Waals surface area contributed by atoms with E-state index in [4.69, 9.17) is 4.42 Å². The standard InChI is InChI=1S/C49H33NOS/c1-49(2)41-16-6-3-13-40(41)47-42(49)17-10-18-43(47)50(32-25-26-36-35-11-4-7-19-44(35)51-45(36)29-32)31-23-21-30(22-24-31)33-14-9-15-38-34(33)27-28-39-37-12-5-8-20-46(37)52-48(38)39/h3-29H,1-2H3. The molecule has 0 unspecified atom stereocenters. The number of rotatable bonds is 4. The Kier molecular flexibility index (Phi) is 6.21. The van der Waals surface area contributed by atoms with Crippen LogP contribution in [0.5, 0.6) is 0 Å². The molecule has 0 saturated heterocycles. The van der Waals surface area contributed by atoms with Crippen LogP contribution < -0.4 is 4.90 Å². The number of anilines is 3. The Balaban J connectivity index is 1.10. The minimum atomic E-state index is -0.103. The third-order valence-corrected chi connectivity index (χ3v) is 12.5. The predicted octanol–water partition coefficient (Wildman–Crippen LogP) is 14.6. The van der Waals surface area contributed by atoms with Crippen molar-refractivity contribution in [2.24, 2.45) is 0 Å². The van der Waals surface area contributed by atoms with Crippen molar-refractivity contribution >= 4 is 81.3 Å². The van der Waals surface area contributed by atoms with E-state index >= 15 is 0 Å². The van der Waals surface area contributed by atoms with Gasteiger partial charge in [0, 0.05) is 64.8 Å². The van der Waals surface area contributed by atoms with Crippen LogP contribution in [0.25, 0.3) is 75.1 Å². The summed E-state index contributed by atoms with van der Waals surface area (Å²) in [7, 11) is 0. The summed E-state index contributed by atoms with van der Waals surface area (Å²) in [5.41, 5.74) is 12.8. The molecule has 0 saturated carbocycles. The molecular weight excluding hydrogens is 651 g/mol. The van der Waals surface area contributed by atoms with Crippen LogP contribution >= 0.6 is 11.3 Å². The lowest BCUT2D eigenvalue weighted by Gasteiger charge is -2.29. The molecule has 0 atom stereocenters. The van der Waals surface area contributed by atoms with Gasteiger partial charge >= 0.3 is 0 Å². The molecule has 8 aromatic carbocycles. The minimum absolute atomic E-state index is 0.103. The molecule has 2 nitrogen and oxygen atoms in total. The first-order chi connectivity index (χ1) is 25.5. The first-order valence-electron chi connectivity index (χ1n) is 17.9. The molecule has 246 valence electrons. The highest BCUT2D eigenvalue weighted by Crippen LogP contribution is 2.54. The number of hydrogen-bond acceptors (Lipinski definition) is 3. The Bertz CT molecular complexity index is 3050. The highest BCUT2D eigenvalue weighted by Gasteiger charge is 2.37. The Labute approximate surface area is 305 Å². The smallest absolute Gasteiger partial charge is 0.137 e. The lowest BCUT2D eigenvalue weighted by Crippen LogP contribution is -2.16. The zero-order valence-corrected chi connectivity index (χ0v) is 29.7. The predicted molar refractivity (Wildman–Crippen MR) is 222 cm³/mol. The molecule has 2 aromatic heterocycles. The van der Waals surface area contributed by atoms with Gasteiger partial charge in [0.15, 0.2) is 0 Å². The number of benzene rings is 8. The molecule has 1 aliphatic rings. The van der Waals surface area contributed by atoms with Gasteiger partial charge in [-0.05, 0) is 75.7 Å². The molecule has 3 heteroatoms. The normalized spacial score (nSPS) is 13.3. The zero-order valence-electron chi connectivity index (χ0n) is 28.9. The van der Waals surface area contributed by atoms with Crippen LogP contribution in [0, 0.1) is 0 Å². The molecule has 0 fully saturated rings. The van der Waals surface area contributed by atoms with Gasteiger partial charge in [0.05, 0.1) is 5.69 Å². The fourth-order valence-corrected chi connectivity index (χ4v) is 10.0. The lowest BCUT2D eigenvalue weighted by atomic mass is 9.82. The maximum Gasteiger partial charge on any atom is 0.137 e. The second-order valence-corrected chi connectivity index (χ2v) is 15.5. The summed E-state index contributed by atoms with van der Waals surface area (Å²) in [5.74, 6) is 0. The molecule has 0 radical (unpaired) electrons. The molecule has 1 aliphatic carbocycles. The quantitative estimate of drug-likeness (QED) is 0.184. The SMILES string of the molecule is CC1(C)c2ccccc2-c2c(N(c3ccc(-c4cccc5c4ccc4c6ccccc6sc54)cc3)c3ccc4c(c3)oc3ccccc34)cccc21. The van der Waals surface area contributed by atoms with Crippen molar-refractivity contribution in [3.05, 3.63) is 175 Å². The van der Waals surface area contributed by atoms with E-state index in [1.807, 2.05) is 23.5 Å². The number of para-hydroxylation sites is 1. The molecule has 0 N–H and O–H groups in total. The summed E-state index contributed by atoms with van der Waals surface area (Å²) in [4.78, 5) is 2.41. The summed E-state index contributed by atoms with van der Waals surface area (Å²) in [5, 5.41) is 7.52. The second-order valence-electron chi connectivity index (χ2n) is 14.5. The van der Waals surface area contributed by atoms with E-state index in [1.165, 1.54) is 64.3 Å². The van der Waals surface area contributed by atoms with Gasteiger partial charge < -0.3 is 9.32 Å². The van der Waals surface area contributed by atoms with Crippen molar-refractivity contribution in [1.82, 2.24) is 0 Å². The van der Waals surface area contributed by atoms with Crippen LogP contribution in [0.1, 0.15) is 25.0 Å². The van der Waals surface area contributed by atoms with Gasteiger partial charge in [-0.15, -0.1) is 11.3 Å². The van der Waals surface area contributed by atoms with Crippen molar-refractivity contribution in [3.63, 3.8) is 0 Å². The van der Waals surface area contributed by atoms with E-state index in [9.17, 15) is 0 Å². The maximum atomic E-state index is 6.44. The average Bonchev–Trinajstić information content (AvgIpc) is 3.83. The fraction of sp³-hybridized carbons (Fsp3) is 0.0612. The van der Waals surface area contributed by atoms with E-state index in [1.54, 1.807) is 0 Å². The molecule has 10 aromatic rings. The largest absolute Gasteiger partial charge is 0.456 e. The Morgan fingerprint density at radius 2 is 1.12 bits per heavy atom. The van der Waals surface area contributed by atoms with Crippen LogP contribution in [0.3, 0.4) is 0 Å². The second kappa shape index (κ2) is 10.9. The maximum absolute atomic E-state index is 6.44. The van der Waals surface area contributed by atoms with Crippen molar-refractivity contribution in [2.75, 3.05) is 4.90 Å². The summed E-state index contributed by atoms with van der Waals surface area (Å²) in [6.45, 7) is 4.69. The molecular formula is C49H33NOS. The summed E-state index contributed by atoms with van der Waals surface area (Å²) in [6, 6.07) is 59.9. The topological polar surface area (TPSA) is 16.4 Å². The molecule has 0 amide bonds. The Hall–Kier alpha value is -6.16. The fourth-order valence-electron chi connectivity index (χ4n) is 8.78. The lowest BCUT2D eigenvalue weighted by molar-refractivity contribution is 0.660. The van der Waals surface area contributed by atoms with E-state index in [0.717, 1.165) is 39.0 Å². The minimum Gasteiger partial charge on any atom is -0.456 e. The van der Waals surface area contributed by atoms with Gasteiger partial charge in [0.1, 0.15) is 11.2 Å². The highest BCUT2D eigenvalue weighted by atomic mass is 32.1. The summed E-state index contributed by atoms with van der Waals surface area (Å²) >= 11 is 1.89. The Morgan fingerprint density at radius 3 is 2.02 bits per heavy atom. The summed E-state index contributed by atoms with van der Waals surface area (Å²) in [6.07, 6.45) is 0. The van der Waals surface area contributed by atoms with Gasteiger partial charge in [-0.3, -0.25) is 0 Å². The molecule has 11 rings (SSSR count). The first-order valence-corrected chi connectivity index (χ1v) is 18.7. The van der Waals surface area contributed by atoms with E-state index < -0.39 is 0 Å². The highest BCUT2D eigenvalue weighted by molar-refractivity contribution is 7.26. The molecule has 52 heavy (non-hydrogen) atoms. The number of hydrogen-bond donors (Lipinski definition) is 0.